The lowest BCUT2D eigenvalue weighted by molar-refractivity contribution is 0.0956. The van der Waals surface area contributed by atoms with Gasteiger partial charge in [0.05, 0.1) is 12.7 Å². The molecule has 0 aromatic heterocycles. The zero-order chi connectivity index (χ0) is 14.9. The summed E-state index contributed by atoms with van der Waals surface area (Å²) in [6.07, 6.45) is 0.208. The van der Waals surface area contributed by atoms with E-state index in [1.54, 1.807) is 0 Å². The van der Waals surface area contributed by atoms with Gasteiger partial charge in [-0.3, -0.25) is 4.90 Å². The summed E-state index contributed by atoms with van der Waals surface area (Å²) in [7, 11) is 0. The highest BCUT2D eigenvalue weighted by molar-refractivity contribution is 5.16. The van der Waals surface area contributed by atoms with Gasteiger partial charge in [0.2, 0.25) is 0 Å². The number of benzene rings is 2. The van der Waals surface area contributed by atoms with Crippen molar-refractivity contribution in [2.45, 2.75) is 19.1 Å². The maximum absolute atomic E-state index is 10.3. The molecule has 0 heterocycles. The third-order valence-electron chi connectivity index (χ3n) is 3.45. The summed E-state index contributed by atoms with van der Waals surface area (Å²) in [4.78, 5) is 2.09. The second-order valence-electron chi connectivity index (χ2n) is 5.29. The molecule has 3 heteroatoms. The highest BCUT2D eigenvalue weighted by Gasteiger charge is 2.12. The Morgan fingerprint density at radius 1 is 0.857 bits per heavy atom. The molecule has 2 rings (SSSR count). The van der Waals surface area contributed by atoms with Crippen LogP contribution in [0.1, 0.15) is 11.1 Å². The first-order chi connectivity index (χ1) is 10.3. The van der Waals surface area contributed by atoms with E-state index in [9.17, 15) is 10.2 Å². The summed E-state index contributed by atoms with van der Waals surface area (Å²) in [6.45, 7) is 1.98. The highest BCUT2D eigenvalue weighted by atomic mass is 16.3. The average molecular weight is 285 g/mol. The maximum Gasteiger partial charge on any atom is 0.0707 e. The Bertz CT molecular complexity index is 501. The Morgan fingerprint density at radius 2 is 1.43 bits per heavy atom. The molecule has 0 aliphatic heterocycles. The molecule has 2 aromatic carbocycles. The van der Waals surface area contributed by atoms with E-state index in [0.29, 0.717) is 19.5 Å². The van der Waals surface area contributed by atoms with Gasteiger partial charge in [0.1, 0.15) is 0 Å². The molecule has 0 amide bonds. The minimum atomic E-state index is -0.428. The molecule has 3 nitrogen and oxygen atoms in total. The molecule has 1 atom stereocenters. The fraction of sp³-hybridized carbons (Fsp3) is 0.333. The van der Waals surface area contributed by atoms with Crippen LogP contribution in [0.25, 0.3) is 0 Å². The molecular formula is C18H23NO2. The van der Waals surface area contributed by atoms with E-state index in [2.05, 4.69) is 17.0 Å². The lowest BCUT2D eigenvalue weighted by Gasteiger charge is -2.24. The largest absolute Gasteiger partial charge is 0.395 e. The first-order valence-electron chi connectivity index (χ1n) is 7.37. The van der Waals surface area contributed by atoms with Gasteiger partial charge >= 0.3 is 0 Å². The molecular weight excluding hydrogens is 262 g/mol. The van der Waals surface area contributed by atoms with Crippen molar-refractivity contribution < 1.29 is 10.2 Å². The Kier molecular flexibility index (Phi) is 6.41. The number of hydrogen-bond donors (Lipinski definition) is 2. The van der Waals surface area contributed by atoms with Gasteiger partial charge in [0.15, 0.2) is 0 Å². The molecule has 0 aliphatic carbocycles. The molecule has 0 radical (unpaired) electrons. The second kappa shape index (κ2) is 8.57. The lowest BCUT2D eigenvalue weighted by atomic mass is 10.1. The van der Waals surface area contributed by atoms with Crippen LogP contribution < -0.4 is 0 Å². The number of nitrogens with zero attached hydrogens (tertiary/aromatic N) is 1. The fourth-order valence-corrected chi connectivity index (χ4v) is 2.47. The predicted octanol–water partition coefficient (Wildman–Crippen LogP) is 2.08. The van der Waals surface area contributed by atoms with E-state index >= 15 is 0 Å². The zero-order valence-electron chi connectivity index (χ0n) is 12.2. The number of aliphatic hydroxyl groups is 2. The van der Waals surface area contributed by atoms with E-state index in [0.717, 1.165) is 12.1 Å². The molecule has 0 unspecified atom stereocenters. The summed E-state index contributed by atoms with van der Waals surface area (Å²) in [6, 6.07) is 20.1. The standard InChI is InChI=1S/C18H23NO2/c20-12-11-19(14-17-9-5-2-6-10-17)15-18(21)13-16-7-3-1-4-8-16/h1-10,18,20-21H,11-15H2/t18-/m1/s1. The van der Waals surface area contributed by atoms with Gasteiger partial charge in [0, 0.05) is 19.6 Å². The van der Waals surface area contributed by atoms with Gasteiger partial charge in [0.25, 0.3) is 0 Å². The molecule has 112 valence electrons. The minimum Gasteiger partial charge on any atom is -0.395 e. The number of aliphatic hydroxyl groups excluding tert-OH is 2. The van der Waals surface area contributed by atoms with Crippen molar-refractivity contribution in [1.29, 1.82) is 0 Å². The zero-order valence-corrected chi connectivity index (χ0v) is 12.2. The molecule has 0 aliphatic rings. The number of rotatable bonds is 8. The smallest absolute Gasteiger partial charge is 0.0707 e. The van der Waals surface area contributed by atoms with E-state index in [4.69, 9.17) is 0 Å². The Morgan fingerprint density at radius 3 is 2.00 bits per heavy atom. The Hall–Kier alpha value is -1.68. The summed E-state index contributed by atoms with van der Waals surface area (Å²) in [5.74, 6) is 0. The van der Waals surface area contributed by atoms with Crippen molar-refractivity contribution in [3.05, 3.63) is 71.8 Å². The molecule has 0 fully saturated rings. The normalized spacial score (nSPS) is 12.5. The summed E-state index contributed by atoms with van der Waals surface area (Å²) < 4.78 is 0. The first-order valence-corrected chi connectivity index (χ1v) is 7.37. The Balaban J connectivity index is 1.89. The van der Waals surface area contributed by atoms with Crippen LogP contribution in [0.5, 0.6) is 0 Å². The maximum atomic E-state index is 10.3. The molecule has 0 bridgehead atoms. The van der Waals surface area contributed by atoms with Gasteiger partial charge in [-0.1, -0.05) is 60.7 Å². The van der Waals surface area contributed by atoms with E-state index in [-0.39, 0.29) is 6.61 Å². The van der Waals surface area contributed by atoms with Crippen LogP contribution in [0.3, 0.4) is 0 Å². The van der Waals surface area contributed by atoms with Crippen LogP contribution in [0.2, 0.25) is 0 Å². The third-order valence-corrected chi connectivity index (χ3v) is 3.45. The number of hydrogen-bond acceptors (Lipinski definition) is 3. The summed E-state index contributed by atoms with van der Waals surface area (Å²) in [5.41, 5.74) is 2.33. The van der Waals surface area contributed by atoms with E-state index < -0.39 is 6.10 Å². The van der Waals surface area contributed by atoms with Crippen LogP contribution in [0.4, 0.5) is 0 Å². The van der Waals surface area contributed by atoms with Crippen molar-refractivity contribution in [2.24, 2.45) is 0 Å². The highest BCUT2D eigenvalue weighted by Crippen LogP contribution is 2.08. The van der Waals surface area contributed by atoms with Gasteiger partial charge in [-0.15, -0.1) is 0 Å². The molecule has 2 N–H and O–H groups in total. The molecule has 0 saturated heterocycles. The van der Waals surface area contributed by atoms with Gasteiger partial charge < -0.3 is 10.2 Å². The minimum absolute atomic E-state index is 0.102. The average Bonchev–Trinajstić information content (AvgIpc) is 2.49. The van der Waals surface area contributed by atoms with Crippen molar-refractivity contribution >= 4 is 0 Å². The van der Waals surface area contributed by atoms with Crippen molar-refractivity contribution in [1.82, 2.24) is 4.90 Å². The van der Waals surface area contributed by atoms with Gasteiger partial charge in [-0.05, 0) is 17.5 Å². The van der Waals surface area contributed by atoms with Crippen LogP contribution in [0.15, 0.2) is 60.7 Å². The van der Waals surface area contributed by atoms with Crippen molar-refractivity contribution in [2.75, 3.05) is 19.7 Å². The van der Waals surface area contributed by atoms with Crippen molar-refractivity contribution in [3.63, 3.8) is 0 Å². The van der Waals surface area contributed by atoms with Crippen molar-refractivity contribution in [3.8, 4) is 0 Å². The molecule has 2 aromatic rings. The Labute approximate surface area is 126 Å². The van der Waals surface area contributed by atoms with Crippen LogP contribution in [-0.4, -0.2) is 40.9 Å². The second-order valence-corrected chi connectivity index (χ2v) is 5.29. The summed E-state index contributed by atoms with van der Waals surface area (Å²) in [5, 5.41) is 19.4. The molecule has 0 spiro atoms. The van der Waals surface area contributed by atoms with Gasteiger partial charge in [-0.2, -0.15) is 0 Å². The monoisotopic (exact) mass is 285 g/mol. The lowest BCUT2D eigenvalue weighted by Crippen LogP contribution is -2.35. The topological polar surface area (TPSA) is 43.7 Å². The fourth-order valence-electron chi connectivity index (χ4n) is 2.47. The van der Waals surface area contributed by atoms with Crippen LogP contribution in [-0.2, 0) is 13.0 Å². The summed E-state index contributed by atoms with van der Waals surface area (Å²) >= 11 is 0. The quantitative estimate of drug-likeness (QED) is 0.780. The SMILES string of the molecule is OCCN(Cc1ccccc1)C[C@H](O)Cc1ccccc1. The van der Waals surface area contributed by atoms with Crippen LogP contribution >= 0.6 is 0 Å². The van der Waals surface area contributed by atoms with E-state index in [1.807, 2.05) is 48.5 Å². The van der Waals surface area contributed by atoms with Crippen LogP contribution in [0, 0.1) is 0 Å². The predicted molar refractivity (Wildman–Crippen MR) is 85.0 cm³/mol. The first kappa shape index (κ1) is 15.7. The molecule has 0 saturated carbocycles. The van der Waals surface area contributed by atoms with Gasteiger partial charge in [-0.25, -0.2) is 0 Å². The van der Waals surface area contributed by atoms with E-state index in [1.165, 1.54) is 5.56 Å². The molecule has 21 heavy (non-hydrogen) atoms. The third kappa shape index (κ3) is 5.68.